The molecule has 0 amide bonds. The van der Waals surface area contributed by atoms with Crippen LogP contribution in [0.3, 0.4) is 0 Å². The molecule has 1 unspecified atom stereocenters. The van der Waals surface area contributed by atoms with Crippen molar-refractivity contribution in [1.29, 1.82) is 0 Å². The summed E-state index contributed by atoms with van der Waals surface area (Å²) >= 11 is 0. The molecule has 1 aromatic carbocycles. The highest BCUT2D eigenvalue weighted by atomic mass is 16.5. The van der Waals surface area contributed by atoms with E-state index in [9.17, 15) is 15.0 Å². The van der Waals surface area contributed by atoms with Crippen LogP contribution in [0.15, 0.2) is 27.4 Å². The van der Waals surface area contributed by atoms with E-state index in [2.05, 4.69) is 0 Å². The number of aromatic hydroxyl groups is 1. The van der Waals surface area contributed by atoms with Crippen LogP contribution >= 0.6 is 0 Å². The Morgan fingerprint density at radius 1 is 1.38 bits per heavy atom. The molecular weight excluding hydrogens is 276 g/mol. The molecule has 0 saturated carbocycles. The number of hydrogen-bond donors (Lipinski definition) is 3. The molecule has 1 aliphatic rings. The predicted octanol–water partition coefficient (Wildman–Crippen LogP) is 1.15. The van der Waals surface area contributed by atoms with Crippen LogP contribution in [-0.2, 0) is 6.61 Å². The molecule has 0 fully saturated rings. The molecule has 0 spiro atoms. The molecule has 0 bridgehead atoms. The first-order valence-electron chi connectivity index (χ1n) is 6.39. The standard InChI is InChI=1S/C15H14O6/c1-15(19)3-2-9-11(20-7-15)5-12-13(14(9)18)10(17)4-8(6-16)21-12/h2-5,16,18-19H,6-7H2,1H3. The van der Waals surface area contributed by atoms with E-state index in [4.69, 9.17) is 14.3 Å². The van der Waals surface area contributed by atoms with Crippen LogP contribution in [0.5, 0.6) is 11.5 Å². The SMILES string of the molecule is CC1(O)C=Cc2c(cc3oc(CO)cc(=O)c3c2O)OC1. The molecule has 2 heterocycles. The molecule has 2 aromatic rings. The van der Waals surface area contributed by atoms with Crippen molar-refractivity contribution in [3.8, 4) is 11.5 Å². The highest BCUT2D eigenvalue weighted by Crippen LogP contribution is 2.38. The second-order valence-corrected chi connectivity index (χ2v) is 5.22. The lowest BCUT2D eigenvalue weighted by Crippen LogP contribution is -2.28. The summed E-state index contributed by atoms with van der Waals surface area (Å²) in [6.07, 6.45) is 3.00. The number of phenolic OH excluding ortho intramolecular Hbond substituents is 1. The minimum atomic E-state index is -1.18. The Balaban J connectivity index is 2.32. The smallest absolute Gasteiger partial charge is 0.196 e. The Bertz CT molecular complexity index is 800. The summed E-state index contributed by atoms with van der Waals surface area (Å²) in [5, 5.41) is 29.4. The molecular formula is C15H14O6. The molecule has 1 aromatic heterocycles. The van der Waals surface area contributed by atoms with Crippen LogP contribution in [0.2, 0.25) is 0 Å². The first-order valence-corrected chi connectivity index (χ1v) is 6.39. The average Bonchev–Trinajstić information content (AvgIpc) is 2.57. The summed E-state index contributed by atoms with van der Waals surface area (Å²) in [4.78, 5) is 12.0. The Hall–Kier alpha value is -2.31. The lowest BCUT2D eigenvalue weighted by molar-refractivity contribution is 0.0565. The van der Waals surface area contributed by atoms with Crippen molar-refractivity contribution in [2.24, 2.45) is 0 Å². The Morgan fingerprint density at radius 3 is 2.86 bits per heavy atom. The fourth-order valence-corrected chi connectivity index (χ4v) is 2.24. The zero-order chi connectivity index (χ0) is 15.2. The number of phenols is 1. The molecule has 3 N–H and O–H groups in total. The molecule has 6 nitrogen and oxygen atoms in total. The fourth-order valence-electron chi connectivity index (χ4n) is 2.24. The van der Waals surface area contributed by atoms with Crippen molar-refractivity contribution in [3.05, 3.63) is 39.8 Å². The maximum absolute atomic E-state index is 12.0. The zero-order valence-electron chi connectivity index (χ0n) is 11.3. The number of fused-ring (bicyclic) bond motifs is 2. The number of ether oxygens (including phenoxy) is 1. The van der Waals surface area contributed by atoms with E-state index in [1.807, 2.05) is 0 Å². The molecule has 110 valence electrons. The van der Waals surface area contributed by atoms with Gasteiger partial charge in [-0.25, -0.2) is 0 Å². The molecule has 6 heteroatoms. The largest absolute Gasteiger partial charge is 0.506 e. The van der Waals surface area contributed by atoms with E-state index in [1.54, 1.807) is 6.92 Å². The summed E-state index contributed by atoms with van der Waals surface area (Å²) in [5.74, 6) is 0.130. The number of aliphatic hydroxyl groups excluding tert-OH is 1. The third-order valence-electron chi connectivity index (χ3n) is 3.33. The summed E-state index contributed by atoms with van der Waals surface area (Å²) in [7, 11) is 0. The number of rotatable bonds is 1. The van der Waals surface area contributed by atoms with Gasteiger partial charge in [-0.15, -0.1) is 0 Å². The van der Waals surface area contributed by atoms with Crippen LogP contribution in [-0.4, -0.2) is 27.5 Å². The van der Waals surface area contributed by atoms with Gasteiger partial charge >= 0.3 is 0 Å². The maximum Gasteiger partial charge on any atom is 0.196 e. The highest BCUT2D eigenvalue weighted by molar-refractivity contribution is 5.90. The van der Waals surface area contributed by atoms with Crippen molar-refractivity contribution in [1.82, 2.24) is 0 Å². The van der Waals surface area contributed by atoms with Crippen molar-refractivity contribution in [2.75, 3.05) is 6.61 Å². The number of benzene rings is 1. The minimum Gasteiger partial charge on any atom is -0.506 e. The van der Waals surface area contributed by atoms with Gasteiger partial charge in [-0.05, 0) is 19.1 Å². The third kappa shape index (κ3) is 2.28. The zero-order valence-corrected chi connectivity index (χ0v) is 11.3. The molecule has 0 saturated heterocycles. The van der Waals surface area contributed by atoms with Crippen LogP contribution in [0, 0.1) is 0 Å². The second-order valence-electron chi connectivity index (χ2n) is 5.22. The van der Waals surface area contributed by atoms with Crippen LogP contribution in [0.4, 0.5) is 0 Å². The minimum absolute atomic E-state index is 0.00533. The van der Waals surface area contributed by atoms with E-state index < -0.39 is 17.6 Å². The van der Waals surface area contributed by atoms with Crippen LogP contribution < -0.4 is 10.2 Å². The van der Waals surface area contributed by atoms with Gasteiger partial charge in [0.1, 0.15) is 47.0 Å². The average molecular weight is 290 g/mol. The Labute approximate surface area is 119 Å². The monoisotopic (exact) mass is 290 g/mol. The maximum atomic E-state index is 12.0. The predicted molar refractivity (Wildman–Crippen MR) is 75.2 cm³/mol. The first-order chi connectivity index (χ1) is 9.91. The molecule has 3 rings (SSSR count). The topological polar surface area (TPSA) is 100 Å². The quantitative estimate of drug-likeness (QED) is 0.728. The van der Waals surface area contributed by atoms with Gasteiger partial charge in [-0.2, -0.15) is 0 Å². The highest BCUT2D eigenvalue weighted by Gasteiger charge is 2.25. The Morgan fingerprint density at radius 2 is 2.14 bits per heavy atom. The summed E-state index contributed by atoms with van der Waals surface area (Å²) in [6, 6.07) is 2.60. The van der Waals surface area contributed by atoms with E-state index in [0.29, 0.717) is 11.3 Å². The van der Waals surface area contributed by atoms with Crippen molar-refractivity contribution in [3.63, 3.8) is 0 Å². The van der Waals surface area contributed by atoms with Crippen LogP contribution in [0.1, 0.15) is 18.2 Å². The summed E-state index contributed by atoms with van der Waals surface area (Å²) < 4.78 is 10.8. The summed E-state index contributed by atoms with van der Waals surface area (Å²) in [6.45, 7) is 1.16. The molecule has 1 atom stereocenters. The van der Waals surface area contributed by atoms with Gasteiger partial charge in [0.25, 0.3) is 0 Å². The molecule has 0 radical (unpaired) electrons. The van der Waals surface area contributed by atoms with Gasteiger partial charge in [0.15, 0.2) is 5.43 Å². The fraction of sp³-hybridized carbons (Fsp3) is 0.267. The normalized spacial score (nSPS) is 20.9. The van der Waals surface area contributed by atoms with Gasteiger partial charge in [-0.3, -0.25) is 4.79 Å². The van der Waals surface area contributed by atoms with Gasteiger partial charge in [0.2, 0.25) is 0 Å². The van der Waals surface area contributed by atoms with Gasteiger partial charge in [-0.1, -0.05) is 0 Å². The van der Waals surface area contributed by atoms with Gasteiger partial charge < -0.3 is 24.5 Å². The van der Waals surface area contributed by atoms with Crippen molar-refractivity contribution in [2.45, 2.75) is 19.1 Å². The van der Waals surface area contributed by atoms with E-state index >= 15 is 0 Å². The lowest BCUT2D eigenvalue weighted by atomic mass is 10.0. The molecule has 0 aliphatic carbocycles. The third-order valence-corrected chi connectivity index (χ3v) is 3.33. The van der Waals surface area contributed by atoms with E-state index in [-0.39, 0.29) is 29.1 Å². The number of aliphatic hydroxyl groups is 2. The van der Waals surface area contributed by atoms with Crippen molar-refractivity contribution >= 4 is 17.0 Å². The lowest BCUT2D eigenvalue weighted by Gasteiger charge is -2.17. The molecule has 1 aliphatic heterocycles. The van der Waals surface area contributed by atoms with Gasteiger partial charge in [0, 0.05) is 12.1 Å². The molecule has 21 heavy (non-hydrogen) atoms. The first kappa shape index (κ1) is 13.7. The van der Waals surface area contributed by atoms with Crippen molar-refractivity contribution < 1.29 is 24.5 Å². The van der Waals surface area contributed by atoms with E-state index in [0.717, 1.165) is 6.07 Å². The Kier molecular flexibility index (Phi) is 3.00. The number of hydrogen-bond acceptors (Lipinski definition) is 6. The summed E-state index contributed by atoms with van der Waals surface area (Å²) in [5.41, 5.74) is -1.20. The van der Waals surface area contributed by atoms with E-state index in [1.165, 1.54) is 18.2 Å². The van der Waals surface area contributed by atoms with Gasteiger partial charge in [0.05, 0.1) is 5.56 Å². The second kappa shape index (κ2) is 4.61. The van der Waals surface area contributed by atoms with Crippen LogP contribution in [0.25, 0.3) is 17.0 Å².